The second kappa shape index (κ2) is 12.3. The van der Waals surface area contributed by atoms with Crippen molar-refractivity contribution in [2.24, 2.45) is 0 Å². The van der Waals surface area contributed by atoms with Crippen LogP contribution in [0.25, 0.3) is 0 Å². The Morgan fingerprint density at radius 3 is 2.00 bits per heavy atom. The lowest BCUT2D eigenvalue weighted by Gasteiger charge is -2.24. The van der Waals surface area contributed by atoms with E-state index in [1.165, 1.54) is 0 Å². The quantitative estimate of drug-likeness (QED) is 0.295. The van der Waals surface area contributed by atoms with Crippen molar-refractivity contribution in [1.82, 2.24) is 0 Å². The topological polar surface area (TPSA) is 63.2 Å². The molecule has 20 heavy (non-hydrogen) atoms. The molecule has 0 amide bonds. The molecule has 0 N–H and O–H groups in total. The molecule has 0 aromatic heterocycles. The van der Waals surface area contributed by atoms with E-state index in [2.05, 4.69) is 0 Å². The maximum absolute atomic E-state index is 11.3. The average molecular weight is 308 g/mol. The van der Waals surface area contributed by atoms with Crippen molar-refractivity contribution in [2.75, 3.05) is 41.7 Å². The SMILES string of the molecule is COCCOC(=O)CCCCCC[Si](OC)(OC)OC. The molecule has 0 atom stereocenters. The summed E-state index contributed by atoms with van der Waals surface area (Å²) in [5.41, 5.74) is 0. The second-order valence-corrected chi connectivity index (χ2v) is 7.51. The molecule has 0 bridgehead atoms. The molecule has 0 saturated carbocycles. The van der Waals surface area contributed by atoms with E-state index in [0.29, 0.717) is 19.6 Å². The van der Waals surface area contributed by atoms with Gasteiger partial charge in [0.2, 0.25) is 0 Å². The van der Waals surface area contributed by atoms with E-state index in [-0.39, 0.29) is 5.97 Å². The van der Waals surface area contributed by atoms with Gasteiger partial charge in [-0.2, -0.15) is 0 Å². The molecule has 0 aliphatic heterocycles. The Balaban J connectivity index is 3.55. The van der Waals surface area contributed by atoms with Gasteiger partial charge in [0.25, 0.3) is 0 Å². The van der Waals surface area contributed by atoms with E-state index >= 15 is 0 Å². The molecule has 0 heterocycles. The number of hydrogen-bond donors (Lipinski definition) is 0. The van der Waals surface area contributed by atoms with Crippen LogP contribution in [0.5, 0.6) is 0 Å². The predicted molar refractivity (Wildman–Crippen MR) is 77.5 cm³/mol. The molecule has 0 aliphatic carbocycles. The van der Waals surface area contributed by atoms with E-state index in [9.17, 15) is 4.79 Å². The van der Waals surface area contributed by atoms with Crippen LogP contribution in [-0.4, -0.2) is 56.4 Å². The zero-order chi connectivity index (χ0) is 15.3. The minimum Gasteiger partial charge on any atom is -0.463 e. The summed E-state index contributed by atoms with van der Waals surface area (Å²) in [4.78, 5) is 11.3. The summed E-state index contributed by atoms with van der Waals surface area (Å²) in [5.74, 6) is -0.156. The molecule has 0 aromatic carbocycles. The Bertz CT molecular complexity index is 237. The summed E-state index contributed by atoms with van der Waals surface area (Å²) >= 11 is 0. The van der Waals surface area contributed by atoms with Crippen molar-refractivity contribution < 1.29 is 27.5 Å². The van der Waals surface area contributed by atoms with Gasteiger partial charge in [0.1, 0.15) is 6.61 Å². The molecular formula is C13H28O6Si. The number of carbonyl (C=O) groups excluding carboxylic acids is 1. The largest absolute Gasteiger partial charge is 0.500 e. The summed E-state index contributed by atoms with van der Waals surface area (Å²) in [6.07, 6.45) is 4.29. The van der Waals surface area contributed by atoms with Crippen LogP contribution >= 0.6 is 0 Å². The molecule has 0 aromatic rings. The van der Waals surface area contributed by atoms with Crippen LogP contribution in [0.3, 0.4) is 0 Å². The van der Waals surface area contributed by atoms with E-state index in [4.69, 9.17) is 22.8 Å². The van der Waals surface area contributed by atoms with Crippen molar-refractivity contribution in [2.45, 2.75) is 38.1 Å². The Kier molecular flexibility index (Phi) is 12.0. The molecule has 0 aliphatic rings. The lowest BCUT2D eigenvalue weighted by molar-refractivity contribution is -0.145. The Morgan fingerprint density at radius 2 is 1.45 bits per heavy atom. The third-order valence-electron chi connectivity index (χ3n) is 3.10. The van der Waals surface area contributed by atoms with E-state index in [1.807, 2.05) is 0 Å². The van der Waals surface area contributed by atoms with Gasteiger partial charge >= 0.3 is 14.8 Å². The third kappa shape index (κ3) is 8.65. The number of carbonyl (C=O) groups is 1. The molecular weight excluding hydrogens is 280 g/mol. The van der Waals surface area contributed by atoms with Crippen molar-refractivity contribution in [1.29, 1.82) is 0 Å². The fourth-order valence-electron chi connectivity index (χ4n) is 1.83. The summed E-state index contributed by atoms with van der Waals surface area (Å²) in [5, 5.41) is 0. The molecule has 0 unspecified atom stereocenters. The molecule has 0 fully saturated rings. The highest BCUT2D eigenvalue weighted by atomic mass is 28.4. The minimum atomic E-state index is -2.43. The monoisotopic (exact) mass is 308 g/mol. The van der Waals surface area contributed by atoms with Gasteiger partial charge in [0.15, 0.2) is 0 Å². The molecule has 6 nitrogen and oxygen atoms in total. The molecule has 0 radical (unpaired) electrons. The van der Waals surface area contributed by atoms with Crippen LogP contribution in [0.15, 0.2) is 0 Å². The molecule has 120 valence electrons. The molecule has 0 saturated heterocycles. The predicted octanol–water partition coefficient (Wildman–Crippen LogP) is 2.00. The van der Waals surface area contributed by atoms with Gasteiger partial charge in [-0.15, -0.1) is 0 Å². The number of unbranched alkanes of at least 4 members (excludes halogenated alkanes) is 3. The lowest BCUT2D eigenvalue weighted by Crippen LogP contribution is -2.42. The van der Waals surface area contributed by atoms with Crippen molar-refractivity contribution >= 4 is 14.8 Å². The van der Waals surface area contributed by atoms with Crippen LogP contribution < -0.4 is 0 Å². The smallest absolute Gasteiger partial charge is 0.463 e. The van der Waals surface area contributed by atoms with Gasteiger partial charge < -0.3 is 22.8 Å². The zero-order valence-electron chi connectivity index (χ0n) is 13.1. The normalized spacial score (nSPS) is 11.6. The van der Waals surface area contributed by atoms with E-state index < -0.39 is 8.80 Å². The first kappa shape index (κ1) is 19.5. The van der Waals surface area contributed by atoms with Crippen molar-refractivity contribution in [3.8, 4) is 0 Å². The third-order valence-corrected chi connectivity index (χ3v) is 5.93. The zero-order valence-corrected chi connectivity index (χ0v) is 14.1. The maximum atomic E-state index is 11.3. The highest BCUT2D eigenvalue weighted by Gasteiger charge is 2.36. The number of methoxy groups -OCH3 is 1. The van der Waals surface area contributed by atoms with Gasteiger partial charge in [-0.1, -0.05) is 12.8 Å². The summed E-state index contributed by atoms with van der Waals surface area (Å²) in [6, 6.07) is 0.800. The summed E-state index contributed by atoms with van der Waals surface area (Å²) in [6.45, 7) is 0.780. The van der Waals surface area contributed by atoms with Crippen LogP contribution in [-0.2, 0) is 27.5 Å². The lowest BCUT2D eigenvalue weighted by atomic mass is 10.1. The second-order valence-electron chi connectivity index (χ2n) is 4.42. The minimum absolute atomic E-state index is 0.156. The van der Waals surface area contributed by atoms with Gasteiger partial charge in [0.05, 0.1) is 6.61 Å². The van der Waals surface area contributed by atoms with Gasteiger partial charge in [-0.3, -0.25) is 4.79 Å². The van der Waals surface area contributed by atoms with Gasteiger partial charge in [-0.25, -0.2) is 0 Å². The number of ether oxygens (including phenoxy) is 2. The maximum Gasteiger partial charge on any atom is 0.500 e. The first-order valence-electron chi connectivity index (χ1n) is 6.94. The van der Waals surface area contributed by atoms with Crippen LogP contribution in [0, 0.1) is 0 Å². The van der Waals surface area contributed by atoms with Crippen molar-refractivity contribution in [3.05, 3.63) is 0 Å². The summed E-state index contributed by atoms with van der Waals surface area (Å²) in [7, 11) is 4.01. The summed E-state index contributed by atoms with van der Waals surface area (Å²) < 4.78 is 25.8. The van der Waals surface area contributed by atoms with Gasteiger partial charge in [0, 0.05) is 40.9 Å². The fraction of sp³-hybridized carbons (Fsp3) is 0.923. The van der Waals surface area contributed by atoms with Crippen LogP contribution in [0.4, 0.5) is 0 Å². The van der Waals surface area contributed by atoms with E-state index in [1.54, 1.807) is 28.4 Å². The fourth-order valence-corrected chi connectivity index (χ4v) is 3.63. The average Bonchev–Trinajstić information content (AvgIpc) is 2.47. The first-order chi connectivity index (χ1) is 9.64. The number of rotatable bonds is 13. The molecule has 0 spiro atoms. The number of esters is 1. The highest BCUT2D eigenvalue weighted by Crippen LogP contribution is 2.17. The first-order valence-corrected chi connectivity index (χ1v) is 8.87. The van der Waals surface area contributed by atoms with E-state index in [0.717, 1.165) is 31.7 Å². The van der Waals surface area contributed by atoms with Crippen molar-refractivity contribution in [3.63, 3.8) is 0 Å². The Labute approximate surface area is 123 Å². The van der Waals surface area contributed by atoms with Gasteiger partial charge in [-0.05, 0) is 12.8 Å². The highest BCUT2D eigenvalue weighted by molar-refractivity contribution is 6.60. The molecule has 7 heteroatoms. The van der Waals surface area contributed by atoms with Crippen LogP contribution in [0.1, 0.15) is 32.1 Å². The molecule has 0 rings (SSSR count). The number of hydrogen-bond acceptors (Lipinski definition) is 6. The van der Waals surface area contributed by atoms with Crippen LogP contribution in [0.2, 0.25) is 6.04 Å². The Hall–Kier alpha value is -0.473. The Morgan fingerprint density at radius 1 is 0.850 bits per heavy atom. The standard InChI is InChI=1S/C13H28O6Si/c1-15-10-11-19-13(14)9-7-5-6-8-12-20(16-2,17-3)18-4/h5-12H2,1-4H3.